The summed E-state index contributed by atoms with van der Waals surface area (Å²) in [6.07, 6.45) is 1.74. The van der Waals surface area contributed by atoms with Gasteiger partial charge in [0.25, 0.3) is 0 Å². The lowest BCUT2D eigenvalue weighted by atomic mass is 10.1. The predicted octanol–water partition coefficient (Wildman–Crippen LogP) is 1.36. The highest BCUT2D eigenvalue weighted by molar-refractivity contribution is 5.78. The van der Waals surface area contributed by atoms with Crippen LogP contribution >= 0.6 is 0 Å². The van der Waals surface area contributed by atoms with Crippen LogP contribution in [0, 0.1) is 0 Å². The number of amides is 1. The first kappa shape index (κ1) is 13.8. The van der Waals surface area contributed by atoms with E-state index in [1.807, 2.05) is 18.2 Å². The number of nitrogens with one attached hydrogen (secondary N) is 1. The highest BCUT2D eigenvalue weighted by Gasteiger charge is 2.22. The average molecular weight is 260 g/mol. The third-order valence-corrected chi connectivity index (χ3v) is 3.13. The minimum absolute atomic E-state index is 0.0358. The Balaban J connectivity index is 1.87. The molecule has 2 rings (SSSR count). The van der Waals surface area contributed by atoms with E-state index in [0.29, 0.717) is 19.7 Å². The van der Waals surface area contributed by atoms with Crippen molar-refractivity contribution >= 4 is 5.91 Å². The number of ether oxygens (including phenoxy) is 1. The van der Waals surface area contributed by atoms with Crippen molar-refractivity contribution in [2.45, 2.75) is 6.10 Å². The SMILES string of the molecule is C=CCNC(=O)CN1CCOC(c2ccccc2)C1. The summed E-state index contributed by atoms with van der Waals surface area (Å²) < 4.78 is 5.77. The Kier molecular flexibility index (Phi) is 5.12. The number of morpholine rings is 1. The number of benzene rings is 1. The van der Waals surface area contributed by atoms with Crippen molar-refractivity contribution in [3.8, 4) is 0 Å². The van der Waals surface area contributed by atoms with E-state index in [9.17, 15) is 4.79 Å². The van der Waals surface area contributed by atoms with Crippen LogP contribution in [0.25, 0.3) is 0 Å². The number of rotatable bonds is 5. The number of hydrogen-bond acceptors (Lipinski definition) is 3. The van der Waals surface area contributed by atoms with Gasteiger partial charge in [0.05, 0.1) is 19.3 Å². The van der Waals surface area contributed by atoms with Gasteiger partial charge >= 0.3 is 0 Å². The number of carbonyl (C=O) groups is 1. The molecule has 1 aliphatic heterocycles. The summed E-state index contributed by atoms with van der Waals surface area (Å²) in [5.41, 5.74) is 1.17. The molecular weight excluding hydrogens is 240 g/mol. The van der Waals surface area contributed by atoms with E-state index in [2.05, 4.69) is 28.9 Å². The molecule has 19 heavy (non-hydrogen) atoms. The van der Waals surface area contributed by atoms with Crippen molar-refractivity contribution in [2.24, 2.45) is 0 Å². The van der Waals surface area contributed by atoms with Crippen LogP contribution in [-0.2, 0) is 9.53 Å². The van der Waals surface area contributed by atoms with Crippen LogP contribution in [0.4, 0.5) is 0 Å². The van der Waals surface area contributed by atoms with Gasteiger partial charge in [-0.15, -0.1) is 6.58 Å². The Labute approximate surface area is 114 Å². The van der Waals surface area contributed by atoms with E-state index in [4.69, 9.17) is 4.74 Å². The van der Waals surface area contributed by atoms with Gasteiger partial charge in [0.15, 0.2) is 0 Å². The highest BCUT2D eigenvalue weighted by Crippen LogP contribution is 2.21. The Morgan fingerprint density at radius 3 is 3.00 bits per heavy atom. The zero-order valence-electron chi connectivity index (χ0n) is 11.0. The second-order valence-corrected chi connectivity index (χ2v) is 4.60. The van der Waals surface area contributed by atoms with Crippen LogP contribution in [0.3, 0.4) is 0 Å². The van der Waals surface area contributed by atoms with Gasteiger partial charge in [-0.3, -0.25) is 9.69 Å². The molecule has 0 bridgehead atoms. The molecule has 1 atom stereocenters. The van der Waals surface area contributed by atoms with Gasteiger partial charge < -0.3 is 10.1 Å². The standard InChI is InChI=1S/C15H20N2O2/c1-2-8-16-15(18)12-17-9-10-19-14(11-17)13-6-4-3-5-7-13/h2-7,14H,1,8-12H2,(H,16,18). The maximum Gasteiger partial charge on any atom is 0.234 e. The normalized spacial score (nSPS) is 19.9. The smallest absolute Gasteiger partial charge is 0.234 e. The van der Waals surface area contributed by atoms with Crippen LogP contribution < -0.4 is 5.32 Å². The summed E-state index contributed by atoms with van der Waals surface area (Å²) in [7, 11) is 0. The average Bonchev–Trinajstić information content (AvgIpc) is 2.46. The second-order valence-electron chi connectivity index (χ2n) is 4.60. The molecule has 1 aliphatic rings. The molecule has 1 N–H and O–H groups in total. The molecule has 1 aromatic rings. The summed E-state index contributed by atoms with van der Waals surface area (Å²) in [6, 6.07) is 10.1. The molecule has 4 nitrogen and oxygen atoms in total. The molecule has 0 radical (unpaired) electrons. The molecule has 1 unspecified atom stereocenters. The van der Waals surface area contributed by atoms with E-state index < -0.39 is 0 Å². The molecule has 4 heteroatoms. The quantitative estimate of drug-likeness (QED) is 0.813. The Bertz CT molecular complexity index is 419. The zero-order valence-corrected chi connectivity index (χ0v) is 11.0. The van der Waals surface area contributed by atoms with Crippen LogP contribution in [-0.4, -0.2) is 43.6 Å². The lowest BCUT2D eigenvalue weighted by Crippen LogP contribution is -2.44. The first-order valence-corrected chi connectivity index (χ1v) is 6.56. The van der Waals surface area contributed by atoms with Gasteiger partial charge in [-0.05, 0) is 5.56 Å². The Morgan fingerprint density at radius 2 is 2.26 bits per heavy atom. The third kappa shape index (κ3) is 4.19. The Hall–Kier alpha value is -1.65. The summed E-state index contributed by atoms with van der Waals surface area (Å²) in [4.78, 5) is 13.8. The molecule has 0 spiro atoms. The second kappa shape index (κ2) is 7.07. The molecule has 0 saturated carbocycles. The van der Waals surface area contributed by atoms with Gasteiger partial charge in [-0.1, -0.05) is 36.4 Å². The number of hydrogen-bond donors (Lipinski definition) is 1. The van der Waals surface area contributed by atoms with Gasteiger partial charge in [0.1, 0.15) is 0 Å². The number of nitrogens with zero attached hydrogens (tertiary/aromatic N) is 1. The first-order chi connectivity index (χ1) is 9.29. The van der Waals surface area contributed by atoms with E-state index in [1.54, 1.807) is 6.08 Å². The van der Waals surface area contributed by atoms with Crippen LogP contribution in [0.5, 0.6) is 0 Å². The summed E-state index contributed by atoms with van der Waals surface area (Å²) in [5, 5.41) is 2.79. The molecule has 0 aromatic heterocycles. The highest BCUT2D eigenvalue weighted by atomic mass is 16.5. The van der Waals surface area contributed by atoms with Crippen molar-refractivity contribution in [3.05, 3.63) is 48.6 Å². The van der Waals surface area contributed by atoms with Crippen LogP contribution in [0.1, 0.15) is 11.7 Å². The molecule has 1 aromatic carbocycles. The molecule has 102 valence electrons. The summed E-state index contributed by atoms with van der Waals surface area (Å²) >= 11 is 0. The maximum absolute atomic E-state index is 11.7. The fraction of sp³-hybridized carbons (Fsp3) is 0.400. The van der Waals surface area contributed by atoms with Gasteiger partial charge in [-0.25, -0.2) is 0 Å². The molecule has 1 amide bonds. The van der Waals surface area contributed by atoms with Crippen molar-refractivity contribution in [2.75, 3.05) is 32.8 Å². The minimum Gasteiger partial charge on any atom is -0.371 e. The molecular formula is C15H20N2O2. The van der Waals surface area contributed by atoms with E-state index in [-0.39, 0.29) is 12.0 Å². The Morgan fingerprint density at radius 1 is 1.47 bits per heavy atom. The van der Waals surface area contributed by atoms with Gasteiger partial charge in [-0.2, -0.15) is 0 Å². The van der Waals surface area contributed by atoms with Crippen molar-refractivity contribution in [1.82, 2.24) is 10.2 Å². The van der Waals surface area contributed by atoms with Gasteiger partial charge in [0, 0.05) is 19.6 Å². The molecule has 1 heterocycles. The first-order valence-electron chi connectivity index (χ1n) is 6.56. The van der Waals surface area contributed by atoms with E-state index in [0.717, 1.165) is 13.1 Å². The fourth-order valence-electron chi connectivity index (χ4n) is 2.16. The predicted molar refractivity (Wildman–Crippen MR) is 74.8 cm³/mol. The van der Waals surface area contributed by atoms with Crippen molar-refractivity contribution in [3.63, 3.8) is 0 Å². The van der Waals surface area contributed by atoms with Crippen molar-refractivity contribution in [1.29, 1.82) is 0 Å². The molecule has 1 saturated heterocycles. The molecule has 1 fully saturated rings. The monoisotopic (exact) mass is 260 g/mol. The molecule has 0 aliphatic carbocycles. The van der Waals surface area contributed by atoms with E-state index >= 15 is 0 Å². The maximum atomic E-state index is 11.7. The lowest BCUT2D eigenvalue weighted by Gasteiger charge is -2.32. The topological polar surface area (TPSA) is 41.6 Å². The zero-order chi connectivity index (χ0) is 13.5. The fourth-order valence-corrected chi connectivity index (χ4v) is 2.16. The third-order valence-electron chi connectivity index (χ3n) is 3.13. The minimum atomic E-state index is 0.0358. The van der Waals surface area contributed by atoms with Gasteiger partial charge in [0.2, 0.25) is 5.91 Å². The summed E-state index contributed by atoms with van der Waals surface area (Å²) in [6.45, 7) is 6.73. The number of carbonyl (C=O) groups excluding carboxylic acids is 1. The summed E-state index contributed by atoms with van der Waals surface area (Å²) in [5.74, 6) is 0.0358. The van der Waals surface area contributed by atoms with E-state index in [1.165, 1.54) is 5.56 Å². The van der Waals surface area contributed by atoms with Crippen LogP contribution in [0.2, 0.25) is 0 Å². The largest absolute Gasteiger partial charge is 0.371 e. The lowest BCUT2D eigenvalue weighted by molar-refractivity contribution is -0.124. The van der Waals surface area contributed by atoms with Crippen LogP contribution in [0.15, 0.2) is 43.0 Å². The van der Waals surface area contributed by atoms with Crippen molar-refractivity contribution < 1.29 is 9.53 Å².